The minimum absolute atomic E-state index is 0.181. The molecule has 0 aliphatic rings. The third-order valence-corrected chi connectivity index (χ3v) is 7.51. The SMILES string of the molecule is CNC(=N)Nc1ccc(-c2cc(-c3nc(-c4ccc(S(=O)(=O)C(C)C)cc4)cnc3N)on2)cc1. The molecule has 0 atom stereocenters. The molecule has 0 saturated heterocycles. The summed E-state index contributed by atoms with van der Waals surface area (Å²) in [6.45, 7) is 3.29. The molecule has 35 heavy (non-hydrogen) atoms. The van der Waals surface area contributed by atoms with Crippen LogP contribution in [0.3, 0.4) is 0 Å². The van der Waals surface area contributed by atoms with Gasteiger partial charge in [-0.1, -0.05) is 29.4 Å². The Morgan fingerprint density at radius 1 is 1.03 bits per heavy atom. The Labute approximate surface area is 203 Å². The van der Waals surface area contributed by atoms with Crippen molar-refractivity contribution in [3.05, 3.63) is 60.8 Å². The largest absolute Gasteiger partial charge is 0.382 e. The Balaban J connectivity index is 1.60. The maximum absolute atomic E-state index is 12.4. The molecule has 0 bridgehead atoms. The lowest BCUT2D eigenvalue weighted by atomic mass is 10.1. The van der Waals surface area contributed by atoms with Crippen molar-refractivity contribution in [1.29, 1.82) is 5.41 Å². The highest BCUT2D eigenvalue weighted by molar-refractivity contribution is 7.92. The van der Waals surface area contributed by atoms with Gasteiger partial charge in [0.15, 0.2) is 33.1 Å². The summed E-state index contributed by atoms with van der Waals surface area (Å²) >= 11 is 0. The molecule has 180 valence electrons. The summed E-state index contributed by atoms with van der Waals surface area (Å²) in [5, 5.41) is 16.9. The van der Waals surface area contributed by atoms with Gasteiger partial charge in [-0.25, -0.2) is 18.4 Å². The van der Waals surface area contributed by atoms with E-state index >= 15 is 0 Å². The number of nitrogen functional groups attached to an aromatic ring is 1. The number of nitrogens with zero attached hydrogens (tertiary/aromatic N) is 3. The molecule has 2 aromatic heterocycles. The van der Waals surface area contributed by atoms with E-state index in [2.05, 4.69) is 25.8 Å². The number of benzene rings is 2. The number of guanidine groups is 1. The zero-order valence-electron chi connectivity index (χ0n) is 19.4. The summed E-state index contributed by atoms with van der Waals surface area (Å²) in [5.41, 5.74) is 9.76. The quantitative estimate of drug-likeness (QED) is 0.232. The molecule has 0 spiro atoms. The minimum atomic E-state index is -3.36. The lowest BCUT2D eigenvalue weighted by Gasteiger charge is -2.09. The summed E-state index contributed by atoms with van der Waals surface area (Å²) in [4.78, 5) is 9.08. The van der Waals surface area contributed by atoms with Crippen molar-refractivity contribution in [1.82, 2.24) is 20.4 Å². The van der Waals surface area contributed by atoms with Crippen molar-refractivity contribution in [3.8, 4) is 34.0 Å². The number of hydrogen-bond donors (Lipinski definition) is 4. The number of nitrogens with one attached hydrogen (secondary N) is 3. The Bertz CT molecular complexity index is 1460. The first-order valence-electron chi connectivity index (χ1n) is 10.8. The lowest BCUT2D eigenvalue weighted by Crippen LogP contribution is -2.25. The van der Waals surface area contributed by atoms with Crippen LogP contribution in [0.15, 0.2) is 70.2 Å². The van der Waals surface area contributed by atoms with E-state index in [-0.39, 0.29) is 16.7 Å². The first-order valence-corrected chi connectivity index (χ1v) is 12.3. The minimum Gasteiger partial charge on any atom is -0.382 e. The smallest absolute Gasteiger partial charge is 0.192 e. The predicted molar refractivity (Wildman–Crippen MR) is 136 cm³/mol. The normalized spacial score (nSPS) is 11.4. The number of nitrogens with two attached hydrogens (primary N) is 1. The molecule has 4 aromatic rings. The second-order valence-corrected chi connectivity index (χ2v) is 10.5. The zero-order chi connectivity index (χ0) is 25.2. The summed E-state index contributed by atoms with van der Waals surface area (Å²) in [6, 6.07) is 15.6. The summed E-state index contributed by atoms with van der Waals surface area (Å²) in [6.07, 6.45) is 1.52. The van der Waals surface area contributed by atoms with Crippen LogP contribution < -0.4 is 16.4 Å². The highest BCUT2D eigenvalue weighted by Crippen LogP contribution is 2.30. The molecule has 0 unspecified atom stereocenters. The Hall–Kier alpha value is -4.25. The maximum Gasteiger partial charge on any atom is 0.192 e. The van der Waals surface area contributed by atoms with Gasteiger partial charge in [-0.2, -0.15) is 0 Å². The molecule has 0 amide bonds. The average Bonchev–Trinajstić information content (AvgIpc) is 3.35. The standard InChI is InChI=1S/C24H25N7O3S/c1-14(2)35(32,33)18-10-6-16(7-11-18)20-13-28-23(25)22(30-20)21-12-19(31-34-21)15-4-8-17(9-5-15)29-24(26)27-3/h4-14H,1-3H3,(H2,25,28)(H3,26,27,29). The van der Waals surface area contributed by atoms with Crippen LogP contribution in [0, 0.1) is 5.41 Å². The van der Waals surface area contributed by atoms with Crippen molar-refractivity contribution >= 4 is 27.3 Å². The molecule has 11 heteroatoms. The highest BCUT2D eigenvalue weighted by atomic mass is 32.2. The van der Waals surface area contributed by atoms with Gasteiger partial charge in [-0.15, -0.1) is 0 Å². The van der Waals surface area contributed by atoms with Gasteiger partial charge in [0.2, 0.25) is 0 Å². The van der Waals surface area contributed by atoms with E-state index in [0.29, 0.717) is 28.4 Å². The van der Waals surface area contributed by atoms with Crippen LogP contribution in [0.2, 0.25) is 0 Å². The molecule has 4 rings (SSSR count). The van der Waals surface area contributed by atoms with Crippen LogP contribution in [0.5, 0.6) is 0 Å². The average molecular weight is 492 g/mol. The number of sulfone groups is 1. The molecule has 10 nitrogen and oxygen atoms in total. The topological polar surface area (TPSA) is 160 Å². The molecule has 0 saturated carbocycles. The summed E-state index contributed by atoms with van der Waals surface area (Å²) < 4.78 is 30.3. The second-order valence-electron chi connectivity index (χ2n) is 8.01. The summed E-state index contributed by atoms with van der Waals surface area (Å²) in [7, 11) is -1.70. The molecule has 0 fully saturated rings. The molecular formula is C24H25N7O3S. The van der Waals surface area contributed by atoms with Crippen LogP contribution in [-0.4, -0.2) is 41.8 Å². The van der Waals surface area contributed by atoms with Gasteiger partial charge in [-0.3, -0.25) is 5.41 Å². The lowest BCUT2D eigenvalue weighted by molar-refractivity contribution is 0.434. The molecule has 0 aliphatic heterocycles. The predicted octanol–water partition coefficient (Wildman–Crippen LogP) is 3.80. The Morgan fingerprint density at radius 3 is 2.29 bits per heavy atom. The molecule has 2 heterocycles. The Kier molecular flexibility index (Phi) is 6.52. The Morgan fingerprint density at radius 2 is 1.66 bits per heavy atom. The van der Waals surface area contributed by atoms with E-state index in [1.165, 1.54) is 6.20 Å². The zero-order valence-corrected chi connectivity index (χ0v) is 20.2. The fourth-order valence-electron chi connectivity index (χ4n) is 3.26. The molecular weight excluding hydrogens is 466 g/mol. The van der Waals surface area contributed by atoms with Crippen molar-refractivity contribution < 1.29 is 12.9 Å². The van der Waals surface area contributed by atoms with Gasteiger partial charge >= 0.3 is 0 Å². The van der Waals surface area contributed by atoms with Crippen molar-refractivity contribution in [2.24, 2.45) is 0 Å². The second kappa shape index (κ2) is 9.55. The van der Waals surface area contributed by atoms with E-state index in [0.717, 1.165) is 11.3 Å². The van der Waals surface area contributed by atoms with E-state index in [9.17, 15) is 8.42 Å². The molecule has 2 aromatic carbocycles. The van der Waals surface area contributed by atoms with Crippen LogP contribution in [-0.2, 0) is 9.84 Å². The number of hydrogen-bond acceptors (Lipinski definition) is 8. The van der Waals surface area contributed by atoms with Crippen LogP contribution in [0.4, 0.5) is 11.5 Å². The maximum atomic E-state index is 12.4. The van der Waals surface area contributed by atoms with Gasteiger partial charge in [0.1, 0.15) is 5.69 Å². The third-order valence-electron chi connectivity index (χ3n) is 5.34. The van der Waals surface area contributed by atoms with Crippen molar-refractivity contribution in [3.63, 3.8) is 0 Å². The molecule has 0 aliphatic carbocycles. The van der Waals surface area contributed by atoms with Crippen molar-refractivity contribution in [2.75, 3.05) is 18.1 Å². The van der Waals surface area contributed by atoms with Crippen LogP contribution >= 0.6 is 0 Å². The van der Waals surface area contributed by atoms with E-state index < -0.39 is 15.1 Å². The van der Waals surface area contributed by atoms with E-state index in [4.69, 9.17) is 15.7 Å². The number of anilines is 2. The molecule has 0 radical (unpaired) electrons. The highest BCUT2D eigenvalue weighted by Gasteiger charge is 2.20. The molecule has 5 N–H and O–H groups in total. The number of rotatable bonds is 6. The van der Waals surface area contributed by atoms with Gasteiger partial charge in [0.25, 0.3) is 0 Å². The first kappa shape index (κ1) is 23.9. The van der Waals surface area contributed by atoms with Crippen LogP contribution in [0.25, 0.3) is 34.0 Å². The third kappa shape index (κ3) is 4.99. The fourth-order valence-corrected chi connectivity index (χ4v) is 4.32. The number of aromatic nitrogens is 3. The van der Waals surface area contributed by atoms with Crippen molar-refractivity contribution in [2.45, 2.75) is 24.0 Å². The summed E-state index contributed by atoms with van der Waals surface area (Å²) in [5.74, 6) is 0.720. The van der Waals surface area contributed by atoms with E-state index in [1.54, 1.807) is 51.2 Å². The first-order chi connectivity index (χ1) is 16.7. The van der Waals surface area contributed by atoms with Gasteiger partial charge < -0.3 is 20.9 Å². The fraction of sp³-hybridized carbons (Fsp3) is 0.167. The monoisotopic (exact) mass is 491 g/mol. The van der Waals surface area contributed by atoms with Crippen LogP contribution in [0.1, 0.15) is 13.8 Å². The van der Waals surface area contributed by atoms with Gasteiger partial charge in [-0.05, 0) is 38.1 Å². The van der Waals surface area contributed by atoms with E-state index in [1.807, 2.05) is 24.3 Å². The van der Waals surface area contributed by atoms with Gasteiger partial charge in [0, 0.05) is 29.9 Å². The van der Waals surface area contributed by atoms with Gasteiger partial charge in [0.05, 0.1) is 22.0 Å².